The minimum absolute atomic E-state index is 0.529. The van der Waals surface area contributed by atoms with E-state index in [-0.39, 0.29) is 0 Å². The highest BCUT2D eigenvalue weighted by molar-refractivity contribution is 5.50. The first-order valence-corrected chi connectivity index (χ1v) is 6.01. The Hall–Kier alpha value is -1.91. The smallest absolute Gasteiger partial charge is 0.223 e. The number of aromatic nitrogens is 4. The van der Waals surface area contributed by atoms with Crippen LogP contribution in [0.4, 0.5) is 5.95 Å². The molecule has 88 valence electrons. The molecule has 2 aromatic heterocycles. The predicted octanol–water partition coefficient (Wildman–Crippen LogP) is 2.22. The molecule has 17 heavy (non-hydrogen) atoms. The maximum Gasteiger partial charge on any atom is 0.223 e. The van der Waals surface area contributed by atoms with Gasteiger partial charge in [0.1, 0.15) is 5.69 Å². The van der Waals surface area contributed by atoms with Crippen molar-refractivity contribution in [2.45, 2.75) is 31.7 Å². The van der Waals surface area contributed by atoms with Crippen LogP contribution in [0.3, 0.4) is 0 Å². The van der Waals surface area contributed by atoms with Gasteiger partial charge >= 0.3 is 0 Å². The Morgan fingerprint density at radius 3 is 2.82 bits per heavy atom. The molecule has 0 radical (unpaired) electrons. The molecule has 0 unspecified atom stereocenters. The molecule has 2 aromatic rings. The highest BCUT2D eigenvalue weighted by Crippen LogP contribution is 2.21. The number of nitrogens with one attached hydrogen (secondary N) is 2. The second kappa shape index (κ2) is 4.53. The summed E-state index contributed by atoms with van der Waals surface area (Å²) in [5.41, 5.74) is 0.825. The average molecular weight is 229 g/mol. The summed E-state index contributed by atoms with van der Waals surface area (Å²) in [6, 6.07) is 2.39. The standard InChI is InChI=1S/C12H15N5/c1-2-4-9(3-1)16-12-15-6-5-10(17-12)11-13-7-8-14-11/h5-9H,1-4H2,(H,13,14)(H,15,16,17). The molecule has 0 bridgehead atoms. The Morgan fingerprint density at radius 1 is 1.18 bits per heavy atom. The van der Waals surface area contributed by atoms with Crippen molar-refractivity contribution in [2.75, 3.05) is 5.32 Å². The van der Waals surface area contributed by atoms with Gasteiger partial charge in [-0.1, -0.05) is 12.8 Å². The van der Waals surface area contributed by atoms with Crippen molar-refractivity contribution >= 4 is 5.95 Å². The Balaban J connectivity index is 1.79. The Morgan fingerprint density at radius 2 is 2.06 bits per heavy atom. The van der Waals surface area contributed by atoms with E-state index in [1.165, 1.54) is 25.7 Å². The molecule has 1 saturated carbocycles. The highest BCUT2D eigenvalue weighted by Gasteiger charge is 2.15. The molecule has 0 aromatic carbocycles. The van der Waals surface area contributed by atoms with E-state index < -0.39 is 0 Å². The van der Waals surface area contributed by atoms with Crippen molar-refractivity contribution < 1.29 is 0 Å². The summed E-state index contributed by atoms with van der Waals surface area (Å²) >= 11 is 0. The molecule has 0 saturated heterocycles. The highest BCUT2D eigenvalue weighted by atomic mass is 15.1. The molecule has 1 aliphatic rings. The zero-order chi connectivity index (χ0) is 11.5. The lowest BCUT2D eigenvalue weighted by molar-refractivity contribution is 0.744. The summed E-state index contributed by atoms with van der Waals surface area (Å²) in [7, 11) is 0. The van der Waals surface area contributed by atoms with E-state index in [2.05, 4.69) is 25.3 Å². The minimum atomic E-state index is 0.529. The number of imidazole rings is 1. The Bertz CT molecular complexity index is 473. The zero-order valence-corrected chi connectivity index (χ0v) is 9.56. The number of hydrogen-bond acceptors (Lipinski definition) is 4. The molecule has 5 nitrogen and oxygen atoms in total. The minimum Gasteiger partial charge on any atom is -0.351 e. The molecule has 2 heterocycles. The molecular formula is C12H15N5. The SMILES string of the molecule is c1cc(-c2ncc[nH]2)nc(NC2CCCC2)n1. The Labute approximate surface area is 99.7 Å². The van der Waals surface area contributed by atoms with E-state index in [1.54, 1.807) is 18.6 Å². The van der Waals surface area contributed by atoms with Gasteiger partial charge in [0, 0.05) is 24.6 Å². The molecule has 0 aliphatic heterocycles. The van der Waals surface area contributed by atoms with Crippen LogP contribution in [0.1, 0.15) is 25.7 Å². The molecule has 3 rings (SSSR count). The number of H-pyrrole nitrogens is 1. The zero-order valence-electron chi connectivity index (χ0n) is 9.56. The van der Waals surface area contributed by atoms with Gasteiger partial charge in [0.25, 0.3) is 0 Å². The lowest BCUT2D eigenvalue weighted by Gasteiger charge is -2.11. The topological polar surface area (TPSA) is 66.5 Å². The third-order valence-electron chi connectivity index (χ3n) is 3.08. The van der Waals surface area contributed by atoms with Crippen LogP contribution in [0.25, 0.3) is 11.5 Å². The van der Waals surface area contributed by atoms with Crippen LogP contribution in [0.5, 0.6) is 0 Å². The number of rotatable bonds is 3. The molecular weight excluding hydrogens is 214 g/mol. The predicted molar refractivity (Wildman–Crippen MR) is 65.5 cm³/mol. The van der Waals surface area contributed by atoms with E-state index in [0.29, 0.717) is 12.0 Å². The first kappa shape index (κ1) is 10.3. The van der Waals surface area contributed by atoms with Gasteiger partial charge in [-0.2, -0.15) is 0 Å². The largest absolute Gasteiger partial charge is 0.351 e. The molecule has 1 fully saturated rings. The molecule has 0 amide bonds. The van der Waals surface area contributed by atoms with E-state index in [0.717, 1.165) is 11.5 Å². The van der Waals surface area contributed by atoms with E-state index >= 15 is 0 Å². The monoisotopic (exact) mass is 229 g/mol. The van der Waals surface area contributed by atoms with Crippen molar-refractivity contribution in [1.29, 1.82) is 0 Å². The summed E-state index contributed by atoms with van der Waals surface area (Å²) in [5, 5.41) is 3.38. The van der Waals surface area contributed by atoms with Gasteiger partial charge in [-0.15, -0.1) is 0 Å². The van der Waals surface area contributed by atoms with Crippen LogP contribution < -0.4 is 5.32 Å². The van der Waals surface area contributed by atoms with Crippen LogP contribution in [-0.2, 0) is 0 Å². The molecule has 1 aliphatic carbocycles. The van der Waals surface area contributed by atoms with Crippen LogP contribution in [0, 0.1) is 0 Å². The molecule has 0 atom stereocenters. The quantitative estimate of drug-likeness (QED) is 0.847. The first-order valence-electron chi connectivity index (χ1n) is 6.01. The maximum absolute atomic E-state index is 4.46. The number of anilines is 1. The number of hydrogen-bond donors (Lipinski definition) is 2. The molecule has 0 spiro atoms. The van der Waals surface area contributed by atoms with Crippen LogP contribution in [0.15, 0.2) is 24.7 Å². The summed E-state index contributed by atoms with van der Waals surface area (Å²) < 4.78 is 0. The fraction of sp³-hybridized carbons (Fsp3) is 0.417. The summed E-state index contributed by atoms with van der Waals surface area (Å²) in [5.74, 6) is 1.48. The van der Waals surface area contributed by atoms with Crippen molar-refractivity contribution in [1.82, 2.24) is 19.9 Å². The second-order valence-electron chi connectivity index (χ2n) is 4.33. The first-order chi connectivity index (χ1) is 8.42. The number of nitrogens with zero attached hydrogens (tertiary/aromatic N) is 3. The molecule has 2 N–H and O–H groups in total. The second-order valence-corrected chi connectivity index (χ2v) is 4.33. The van der Waals surface area contributed by atoms with Crippen molar-refractivity contribution in [3.8, 4) is 11.5 Å². The van der Waals surface area contributed by atoms with E-state index in [4.69, 9.17) is 0 Å². The van der Waals surface area contributed by atoms with E-state index in [9.17, 15) is 0 Å². The lowest BCUT2D eigenvalue weighted by Crippen LogP contribution is -2.16. The van der Waals surface area contributed by atoms with Gasteiger partial charge in [0.2, 0.25) is 5.95 Å². The number of aromatic amines is 1. The van der Waals surface area contributed by atoms with Crippen molar-refractivity contribution in [2.24, 2.45) is 0 Å². The van der Waals surface area contributed by atoms with Gasteiger partial charge in [-0.25, -0.2) is 15.0 Å². The Kier molecular flexibility index (Phi) is 2.73. The fourth-order valence-corrected chi connectivity index (χ4v) is 2.22. The van der Waals surface area contributed by atoms with Gasteiger partial charge < -0.3 is 10.3 Å². The maximum atomic E-state index is 4.46. The summed E-state index contributed by atoms with van der Waals surface area (Å²) in [6.45, 7) is 0. The van der Waals surface area contributed by atoms with Gasteiger partial charge in [-0.3, -0.25) is 0 Å². The van der Waals surface area contributed by atoms with E-state index in [1.807, 2.05) is 6.07 Å². The molecule has 5 heteroatoms. The summed E-state index contributed by atoms with van der Waals surface area (Å²) in [6.07, 6.45) is 10.3. The van der Waals surface area contributed by atoms with Gasteiger partial charge in [0.05, 0.1) is 0 Å². The van der Waals surface area contributed by atoms with Crippen LogP contribution >= 0.6 is 0 Å². The van der Waals surface area contributed by atoms with Crippen LogP contribution in [0.2, 0.25) is 0 Å². The van der Waals surface area contributed by atoms with Crippen molar-refractivity contribution in [3.05, 3.63) is 24.7 Å². The third-order valence-corrected chi connectivity index (χ3v) is 3.08. The van der Waals surface area contributed by atoms with Crippen molar-refractivity contribution in [3.63, 3.8) is 0 Å². The third kappa shape index (κ3) is 2.27. The fourth-order valence-electron chi connectivity index (χ4n) is 2.22. The van der Waals surface area contributed by atoms with Gasteiger partial charge in [-0.05, 0) is 18.9 Å². The normalized spacial score (nSPS) is 16.2. The lowest BCUT2D eigenvalue weighted by atomic mass is 10.2. The van der Waals surface area contributed by atoms with Gasteiger partial charge in [0.15, 0.2) is 5.82 Å². The van der Waals surface area contributed by atoms with Crippen LogP contribution in [-0.4, -0.2) is 26.0 Å². The average Bonchev–Trinajstić information content (AvgIpc) is 3.01. The summed E-state index contributed by atoms with van der Waals surface area (Å²) in [4.78, 5) is 15.9.